The minimum absolute atomic E-state index is 0.0259. The molecule has 1 fully saturated rings. The molecule has 0 aliphatic carbocycles. The summed E-state index contributed by atoms with van der Waals surface area (Å²) in [6.07, 6.45) is 2.97. The van der Waals surface area contributed by atoms with E-state index in [9.17, 15) is 0 Å². The Morgan fingerprint density at radius 1 is 1.44 bits per heavy atom. The van der Waals surface area contributed by atoms with Gasteiger partial charge in [-0.3, -0.25) is 4.57 Å². The topological polar surface area (TPSA) is 60.2 Å². The third-order valence-corrected chi connectivity index (χ3v) is 3.53. The van der Waals surface area contributed by atoms with Gasteiger partial charge in [0, 0.05) is 0 Å². The normalized spacial score (nSPS) is 23.9. The Bertz CT molecular complexity index is 587. The lowest BCUT2D eigenvalue weighted by Crippen LogP contribution is -2.14. The van der Waals surface area contributed by atoms with Crippen molar-refractivity contribution in [2.24, 2.45) is 0 Å². The number of imidazole rings is 1. The summed E-state index contributed by atoms with van der Waals surface area (Å²) in [6, 6.07) is 1.56. The first-order chi connectivity index (χ1) is 8.69. The van der Waals surface area contributed by atoms with Crippen molar-refractivity contribution < 1.29 is 9.84 Å². The third kappa shape index (κ3) is 1.97. The molecule has 3 heterocycles. The molecular formula is C11H11Cl2N3O2. The number of pyridine rings is 1. The summed E-state index contributed by atoms with van der Waals surface area (Å²) in [7, 11) is 0. The summed E-state index contributed by atoms with van der Waals surface area (Å²) < 4.78 is 7.50. The predicted molar refractivity (Wildman–Crippen MR) is 67.8 cm³/mol. The summed E-state index contributed by atoms with van der Waals surface area (Å²) in [5, 5.41) is 9.87. The molecule has 2 aromatic heterocycles. The van der Waals surface area contributed by atoms with Crippen LogP contribution in [0.3, 0.4) is 0 Å². The molecule has 96 valence electrons. The van der Waals surface area contributed by atoms with Crippen molar-refractivity contribution in [3.8, 4) is 0 Å². The maximum Gasteiger partial charge on any atom is 0.165 e. The first-order valence-electron chi connectivity index (χ1n) is 5.64. The Balaban J connectivity index is 2.03. The number of hydrogen-bond donors (Lipinski definition) is 1. The fraction of sp³-hybridized carbons (Fsp3) is 0.455. The molecule has 1 aliphatic rings. The number of ether oxygens (including phenoxy) is 1. The molecule has 0 bridgehead atoms. The highest BCUT2D eigenvalue weighted by molar-refractivity contribution is 6.37. The van der Waals surface area contributed by atoms with Crippen LogP contribution in [0.4, 0.5) is 0 Å². The van der Waals surface area contributed by atoms with Gasteiger partial charge in [-0.15, -0.1) is 0 Å². The smallest absolute Gasteiger partial charge is 0.165 e. The van der Waals surface area contributed by atoms with Gasteiger partial charge in [0.15, 0.2) is 5.65 Å². The monoisotopic (exact) mass is 287 g/mol. The van der Waals surface area contributed by atoms with E-state index < -0.39 is 0 Å². The lowest BCUT2D eigenvalue weighted by Gasteiger charge is -2.13. The van der Waals surface area contributed by atoms with Crippen LogP contribution in [-0.2, 0) is 4.74 Å². The lowest BCUT2D eigenvalue weighted by atomic mass is 10.2. The Morgan fingerprint density at radius 3 is 3.00 bits per heavy atom. The van der Waals surface area contributed by atoms with Gasteiger partial charge in [-0.05, 0) is 18.9 Å². The van der Waals surface area contributed by atoms with Crippen LogP contribution < -0.4 is 0 Å². The van der Waals surface area contributed by atoms with Crippen LogP contribution in [0.15, 0.2) is 12.4 Å². The van der Waals surface area contributed by atoms with E-state index in [1.165, 1.54) is 0 Å². The van der Waals surface area contributed by atoms with Crippen LogP contribution in [0.1, 0.15) is 19.1 Å². The van der Waals surface area contributed by atoms with Crippen molar-refractivity contribution in [2.45, 2.75) is 25.2 Å². The second kappa shape index (κ2) is 4.66. The highest BCUT2D eigenvalue weighted by atomic mass is 35.5. The van der Waals surface area contributed by atoms with Crippen LogP contribution >= 0.6 is 23.2 Å². The van der Waals surface area contributed by atoms with Crippen molar-refractivity contribution in [3.05, 3.63) is 22.6 Å². The Kier molecular flexibility index (Phi) is 3.15. The first-order valence-corrected chi connectivity index (χ1v) is 6.39. The standard InChI is InChI=1S/C11H11Cl2N3O2/c12-7-3-8(13)15-11-10(7)14-5-16(11)9-2-1-6(4-17)18-9/h3,5-6,9,17H,1-2,4H2/t6-,9+/m0/s1. The molecule has 0 spiro atoms. The zero-order valence-electron chi connectivity index (χ0n) is 9.38. The number of fused-ring (bicyclic) bond motifs is 1. The SMILES string of the molecule is OC[C@@H]1CC[C@H](n2cnc3c(Cl)cc(Cl)nc32)O1. The first kappa shape index (κ1) is 12.2. The van der Waals surface area contributed by atoms with E-state index in [2.05, 4.69) is 9.97 Å². The summed E-state index contributed by atoms with van der Waals surface area (Å²) in [4.78, 5) is 8.45. The number of nitrogens with zero attached hydrogens (tertiary/aromatic N) is 3. The fourth-order valence-electron chi connectivity index (χ4n) is 2.18. The van der Waals surface area contributed by atoms with Crippen LogP contribution in [0.5, 0.6) is 0 Å². The molecule has 1 N–H and O–H groups in total. The highest BCUT2D eigenvalue weighted by Crippen LogP contribution is 2.32. The second-order valence-electron chi connectivity index (χ2n) is 4.22. The van der Waals surface area contributed by atoms with Gasteiger partial charge in [-0.1, -0.05) is 23.2 Å². The minimum atomic E-state index is -0.172. The summed E-state index contributed by atoms with van der Waals surface area (Å²) in [5.41, 5.74) is 1.22. The Hall–Kier alpha value is -0.880. The number of rotatable bonds is 2. The summed E-state index contributed by atoms with van der Waals surface area (Å²) in [5.74, 6) is 0. The second-order valence-corrected chi connectivity index (χ2v) is 5.02. The van der Waals surface area contributed by atoms with Gasteiger partial charge in [0.1, 0.15) is 16.9 Å². The number of aliphatic hydroxyl groups excluding tert-OH is 1. The molecule has 0 amide bonds. The van der Waals surface area contributed by atoms with Gasteiger partial charge in [-0.25, -0.2) is 9.97 Å². The van der Waals surface area contributed by atoms with Crippen molar-refractivity contribution in [1.29, 1.82) is 0 Å². The van der Waals surface area contributed by atoms with Crippen molar-refractivity contribution in [1.82, 2.24) is 14.5 Å². The zero-order chi connectivity index (χ0) is 12.7. The minimum Gasteiger partial charge on any atom is -0.394 e. The molecule has 2 aromatic rings. The summed E-state index contributed by atoms with van der Waals surface area (Å²) in [6.45, 7) is 0.0259. The molecule has 0 radical (unpaired) electrons. The molecule has 1 saturated heterocycles. The van der Waals surface area contributed by atoms with E-state index in [-0.39, 0.29) is 18.9 Å². The van der Waals surface area contributed by atoms with Crippen LogP contribution in [0.2, 0.25) is 10.2 Å². The van der Waals surface area contributed by atoms with E-state index in [1.807, 2.05) is 4.57 Å². The van der Waals surface area contributed by atoms with Crippen LogP contribution in [0.25, 0.3) is 11.2 Å². The molecule has 5 nitrogen and oxygen atoms in total. The van der Waals surface area contributed by atoms with E-state index in [0.717, 1.165) is 12.8 Å². The number of hydrogen-bond acceptors (Lipinski definition) is 4. The quantitative estimate of drug-likeness (QED) is 0.862. The molecular weight excluding hydrogens is 277 g/mol. The molecule has 0 aromatic carbocycles. The van der Waals surface area contributed by atoms with Crippen LogP contribution in [-0.4, -0.2) is 32.4 Å². The maximum absolute atomic E-state index is 9.08. The molecule has 1 aliphatic heterocycles. The number of halogens is 2. The molecule has 2 atom stereocenters. The van der Waals surface area contributed by atoms with Crippen molar-refractivity contribution in [3.63, 3.8) is 0 Å². The maximum atomic E-state index is 9.08. The van der Waals surface area contributed by atoms with E-state index in [1.54, 1.807) is 12.4 Å². The molecule has 18 heavy (non-hydrogen) atoms. The Labute approximate surface area is 113 Å². The van der Waals surface area contributed by atoms with E-state index in [4.69, 9.17) is 33.0 Å². The molecule has 7 heteroatoms. The van der Waals surface area contributed by atoms with Gasteiger partial charge in [-0.2, -0.15) is 0 Å². The Morgan fingerprint density at radius 2 is 2.28 bits per heavy atom. The predicted octanol–water partition coefficient (Wildman–Crippen LogP) is 2.41. The van der Waals surface area contributed by atoms with Gasteiger partial charge in [0.05, 0.1) is 24.1 Å². The van der Waals surface area contributed by atoms with Gasteiger partial charge < -0.3 is 9.84 Å². The largest absolute Gasteiger partial charge is 0.394 e. The average Bonchev–Trinajstić information content (AvgIpc) is 2.93. The van der Waals surface area contributed by atoms with Gasteiger partial charge >= 0.3 is 0 Å². The van der Waals surface area contributed by atoms with Gasteiger partial charge in [0.25, 0.3) is 0 Å². The number of aromatic nitrogens is 3. The zero-order valence-corrected chi connectivity index (χ0v) is 10.9. The fourth-order valence-corrected chi connectivity index (χ4v) is 2.66. The molecule has 3 rings (SSSR count). The molecule has 0 unspecified atom stereocenters. The third-order valence-electron chi connectivity index (χ3n) is 3.05. The average molecular weight is 288 g/mol. The highest BCUT2D eigenvalue weighted by Gasteiger charge is 2.27. The van der Waals surface area contributed by atoms with Gasteiger partial charge in [0.2, 0.25) is 0 Å². The van der Waals surface area contributed by atoms with Crippen molar-refractivity contribution >= 4 is 34.4 Å². The van der Waals surface area contributed by atoms with Crippen molar-refractivity contribution in [2.75, 3.05) is 6.61 Å². The summed E-state index contributed by atoms with van der Waals surface area (Å²) >= 11 is 12.0. The van der Waals surface area contributed by atoms with E-state index in [0.29, 0.717) is 21.3 Å². The van der Waals surface area contributed by atoms with Crippen LogP contribution in [0, 0.1) is 0 Å². The molecule has 0 saturated carbocycles. The number of aliphatic hydroxyl groups is 1. The lowest BCUT2D eigenvalue weighted by molar-refractivity contribution is -0.0207. The van der Waals surface area contributed by atoms with E-state index >= 15 is 0 Å².